The van der Waals surface area contributed by atoms with Gasteiger partial charge in [0.15, 0.2) is 0 Å². The molecule has 1 heterocycles. The van der Waals surface area contributed by atoms with Gasteiger partial charge >= 0.3 is 0 Å². The Kier molecular flexibility index (Phi) is 5.37. The lowest BCUT2D eigenvalue weighted by Crippen LogP contribution is -2.34. The summed E-state index contributed by atoms with van der Waals surface area (Å²) in [5.74, 6) is 0. The Morgan fingerprint density at radius 1 is 1.50 bits per heavy atom. The minimum atomic E-state index is -3.47. The number of aryl methyl sites for hydroxylation is 1. The fourth-order valence-corrected chi connectivity index (χ4v) is 5.11. The molecular weight excluding hydrogens is 338 g/mol. The number of thiophene rings is 1. The Balaban J connectivity index is 2.81. The van der Waals surface area contributed by atoms with Crippen molar-refractivity contribution in [3.05, 3.63) is 14.7 Å². The van der Waals surface area contributed by atoms with Gasteiger partial charge in [0.1, 0.15) is 0 Å². The Morgan fingerprint density at radius 3 is 2.56 bits per heavy atom. The molecule has 0 amide bonds. The fourth-order valence-electron chi connectivity index (χ4n) is 1.46. The van der Waals surface area contributed by atoms with E-state index in [9.17, 15) is 8.42 Å². The molecular formula is C11H18BrNO3S2. The van der Waals surface area contributed by atoms with E-state index in [2.05, 4.69) is 20.7 Å². The van der Waals surface area contributed by atoms with Crippen LogP contribution in [0.5, 0.6) is 0 Å². The van der Waals surface area contributed by atoms with Crippen LogP contribution in [0.1, 0.15) is 25.1 Å². The summed E-state index contributed by atoms with van der Waals surface area (Å²) >= 11 is 4.68. The molecule has 1 rings (SSSR count). The first-order valence-corrected chi connectivity index (χ1v) is 8.64. The maximum absolute atomic E-state index is 12.1. The van der Waals surface area contributed by atoms with Gasteiger partial charge in [-0.15, -0.1) is 11.3 Å². The average Bonchev–Trinajstić information content (AvgIpc) is 2.56. The fraction of sp³-hybridized carbons (Fsp3) is 0.636. The van der Waals surface area contributed by atoms with E-state index in [-0.39, 0.29) is 12.0 Å². The highest BCUT2D eigenvalue weighted by atomic mass is 79.9. The minimum absolute atomic E-state index is 0.0533. The van der Waals surface area contributed by atoms with Crippen molar-refractivity contribution in [3.8, 4) is 0 Å². The van der Waals surface area contributed by atoms with Gasteiger partial charge < -0.3 is 5.11 Å². The lowest BCUT2D eigenvalue weighted by atomic mass is 9.90. The third kappa shape index (κ3) is 4.31. The zero-order chi connectivity index (χ0) is 14.0. The van der Waals surface area contributed by atoms with Gasteiger partial charge in [-0.25, -0.2) is 13.1 Å². The van der Waals surface area contributed by atoms with Crippen molar-refractivity contribution < 1.29 is 13.5 Å². The average molecular weight is 356 g/mol. The van der Waals surface area contributed by atoms with Crippen LogP contribution in [-0.2, 0) is 10.0 Å². The highest BCUT2D eigenvalue weighted by Crippen LogP contribution is 2.30. The normalized spacial score (nSPS) is 12.9. The van der Waals surface area contributed by atoms with Crippen LogP contribution in [0.15, 0.2) is 14.7 Å². The summed E-state index contributed by atoms with van der Waals surface area (Å²) in [7, 11) is -3.47. The summed E-state index contributed by atoms with van der Waals surface area (Å²) in [6.45, 7) is 5.98. The van der Waals surface area contributed by atoms with E-state index in [1.165, 1.54) is 11.3 Å². The molecule has 0 aliphatic heterocycles. The number of nitrogens with one attached hydrogen (secondary N) is 1. The monoisotopic (exact) mass is 355 g/mol. The van der Waals surface area contributed by atoms with E-state index >= 15 is 0 Å². The van der Waals surface area contributed by atoms with Crippen molar-refractivity contribution >= 4 is 37.3 Å². The maximum Gasteiger partial charge on any atom is 0.241 e. The molecule has 0 atom stereocenters. The highest BCUT2D eigenvalue weighted by molar-refractivity contribution is 9.11. The molecule has 2 N–H and O–H groups in total. The number of aliphatic hydroxyl groups excluding tert-OH is 1. The van der Waals surface area contributed by atoms with E-state index in [1.807, 2.05) is 13.8 Å². The Labute approximate surface area is 121 Å². The molecule has 0 spiro atoms. The SMILES string of the molecule is Cc1sc(Br)cc1S(=O)(=O)NCC(C)(C)CCO. The standard InChI is InChI=1S/C11H18BrNO3S2/c1-8-9(6-10(12)17-8)18(15,16)13-7-11(2,3)4-5-14/h6,13-14H,4-5,7H2,1-3H3. The molecule has 0 aliphatic rings. The molecule has 0 unspecified atom stereocenters. The predicted octanol–water partition coefficient (Wildman–Crippen LogP) is 2.51. The quantitative estimate of drug-likeness (QED) is 0.823. The van der Waals surface area contributed by atoms with Gasteiger partial charge in [0.05, 0.1) is 8.68 Å². The first kappa shape index (κ1) is 16.1. The number of hydrogen-bond donors (Lipinski definition) is 2. The van der Waals surface area contributed by atoms with E-state index in [4.69, 9.17) is 5.11 Å². The summed E-state index contributed by atoms with van der Waals surface area (Å²) in [5.41, 5.74) is -0.261. The molecule has 1 aromatic heterocycles. The summed E-state index contributed by atoms with van der Waals surface area (Å²) in [5, 5.41) is 8.91. The second-order valence-corrected chi connectivity index (χ2v) is 9.30. The van der Waals surface area contributed by atoms with Gasteiger partial charge in [0, 0.05) is 18.0 Å². The molecule has 0 saturated heterocycles. The topological polar surface area (TPSA) is 66.4 Å². The van der Waals surface area contributed by atoms with E-state index < -0.39 is 10.0 Å². The molecule has 7 heteroatoms. The minimum Gasteiger partial charge on any atom is -0.396 e. The molecule has 0 aliphatic carbocycles. The zero-order valence-electron chi connectivity index (χ0n) is 10.7. The van der Waals surface area contributed by atoms with Crippen molar-refractivity contribution in [1.82, 2.24) is 4.72 Å². The van der Waals surface area contributed by atoms with Gasteiger partial charge in [0.2, 0.25) is 10.0 Å². The summed E-state index contributed by atoms with van der Waals surface area (Å²) < 4.78 is 27.7. The highest BCUT2D eigenvalue weighted by Gasteiger charge is 2.24. The molecule has 0 saturated carbocycles. The maximum atomic E-state index is 12.1. The van der Waals surface area contributed by atoms with Crippen LogP contribution in [-0.4, -0.2) is 26.7 Å². The molecule has 18 heavy (non-hydrogen) atoms. The molecule has 0 radical (unpaired) electrons. The zero-order valence-corrected chi connectivity index (χ0v) is 13.9. The Bertz CT molecular complexity index is 508. The third-order valence-electron chi connectivity index (χ3n) is 2.66. The summed E-state index contributed by atoms with van der Waals surface area (Å²) in [6, 6.07) is 1.61. The number of rotatable bonds is 6. The second-order valence-electron chi connectivity index (χ2n) is 4.93. The lowest BCUT2D eigenvalue weighted by molar-refractivity contribution is 0.213. The van der Waals surface area contributed by atoms with Crippen LogP contribution < -0.4 is 4.72 Å². The van der Waals surface area contributed by atoms with E-state index in [0.29, 0.717) is 17.9 Å². The Hall–Kier alpha value is 0.0500. The second kappa shape index (κ2) is 6.00. The van der Waals surface area contributed by atoms with Crippen molar-refractivity contribution in [3.63, 3.8) is 0 Å². The van der Waals surface area contributed by atoms with Crippen LogP contribution in [0.25, 0.3) is 0 Å². The Morgan fingerprint density at radius 2 is 2.11 bits per heavy atom. The largest absolute Gasteiger partial charge is 0.396 e. The molecule has 1 aromatic rings. The molecule has 0 fully saturated rings. The van der Waals surface area contributed by atoms with Crippen LogP contribution >= 0.6 is 27.3 Å². The van der Waals surface area contributed by atoms with Crippen LogP contribution in [0, 0.1) is 12.3 Å². The third-order valence-corrected chi connectivity index (χ3v) is 5.87. The number of sulfonamides is 1. The first-order chi connectivity index (χ1) is 8.18. The van der Waals surface area contributed by atoms with Crippen LogP contribution in [0.3, 0.4) is 0 Å². The van der Waals surface area contributed by atoms with Crippen molar-refractivity contribution in [1.29, 1.82) is 0 Å². The van der Waals surface area contributed by atoms with Crippen LogP contribution in [0.4, 0.5) is 0 Å². The lowest BCUT2D eigenvalue weighted by Gasteiger charge is -2.23. The van der Waals surface area contributed by atoms with Crippen molar-refractivity contribution in [2.24, 2.45) is 5.41 Å². The van der Waals surface area contributed by atoms with Crippen molar-refractivity contribution in [2.75, 3.05) is 13.2 Å². The number of halogens is 1. The number of aliphatic hydroxyl groups is 1. The van der Waals surface area contributed by atoms with Gasteiger partial charge in [-0.05, 0) is 40.8 Å². The van der Waals surface area contributed by atoms with Crippen molar-refractivity contribution in [2.45, 2.75) is 32.1 Å². The van der Waals surface area contributed by atoms with Gasteiger partial charge in [-0.2, -0.15) is 0 Å². The number of hydrogen-bond acceptors (Lipinski definition) is 4. The summed E-state index contributed by atoms with van der Waals surface area (Å²) in [6.07, 6.45) is 0.557. The smallest absolute Gasteiger partial charge is 0.241 e. The molecule has 4 nitrogen and oxygen atoms in total. The molecule has 0 bridgehead atoms. The van der Waals surface area contributed by atoms with E-state index in [1.54, 1.807) is 13.0 Å². The summed E-state index contributed by atoms with van der Waals surface area (Å²) in [4.78, 5) is 1.08. The van der Waals surface area contributed by atoms with Gasteiger partial charge in [0.25, 0.3) is 0 Å². The van der Waals surface area contributed by atoms with Gasteiger partial charge in [-0.3, -0.25) is 0 Å². The molecule has 104 valence electrons. The van der Waals surface area contributed by atoms with Gasteiger partial charge in [-0.1, -0.05) is 13.8 Å². The molecule has 0 aromatic carbocycles. The first-order valence-electron chi connectivity index (χ1n) is 5.54. The predicted molar refractivity (Wildman–Crippen MR) is 77.4 cm³/mol. The van der Waals surface area contributed by atoms with E-state index in [0.717, 1.165) is 8.66 Å². The van der Waals surface area contributed by atoms with Crippen LogP contribution in [0.2, 0.25) is 0 Å².